The van der Waals surface area contributed by atoms with Crippen LogP contribution in [0.1, 0.15) is 25.8 Å². The van der Waals surface area contributed by atoms with E-state index < -0.39 is 10.0 Å². The Morgan fingerprint density at radius 3 is 2.46 bits per heavy atom. The van der Waals surface area contributed by atoms with Crippen LogP contribution < -0.4 is 4.90 Å². The molecule has 1 fully saturated rings. The molecule has 0 aliphatic carbocycles. The van der Waals surface area contributed by atoms with Crippen LogP contribution in [-0.4, -0.2) is 62.8 Å². The first-order valence-corrected chi connectivity index (χ1v) is 9.92. The van der Waals surface area contributed by atoms with Crippen molar-refractivity contribution in [3.63, 3.8) is 0 Å². The number of anilines is 1. The van der Waals surface area contributed by atoms with Gasteiger partial charge in [0.2, 0.25) is 15.9 Å². The number of sulfonamides is 1. The molecule has 24 heavy (non-hydrogen) atoms. The average molecular weight is 351 g/mol. The normalized spacial score (nSPS) is 21.1. The second-order valence-electron chi connectivity index (χ2n) is 6.62. The molecule has 1 saturated heterocycles. The molecule has 0 radical (unpaired) electrons. The van der Waals surface area contributed by atoms with Crippen LogP contribution in [-0.2, 0) is 21.2 Å². The van der Waals surface area contributed by atoms with E-state index in [9.17, 15) is 13.2 Å². The van der Waals surface area contributed by atoms with Crippen molar-refractivity contribution in [2.75, 3.05) is 38.1 Å². The first-order valence-electron chi connectivity index (χ1n) is 8.48. The Balaban J connectivity index is 1.78. The van der Waals surface area contributed by atoms with Gasteiger partial charge in [0, 0.05) is 45.0 Å². The maximum atomic E-state index is 12.9. The molecule has 2 heterocycles. The zero-order chi connectivity index (χ0) is 17.5. The third-order valence-corrected chi connectivity index (χ3v) is 7.15. The van der Waals surface area contributed by atoms with Crippen LogP contribution in [0.25, 0.3) is 0 Å². The highest BCUT2D eigenvalue weighted by molar-refractivity contribution is 7.89. The van der Waals surface area contributed by atoms with Crippen LogP contribution in [0, 0.1) is 0 Å². The van der Waals surface area contributed by atoms with Gasteiger partial charge in [0.1, 0.15) is 0 Å². The van der Waals surface area contributed by atoms with Gasteiger partial charge in [-0.05, 0) is 37.1 Å². The Bertz CT molecular complexity index is 739. The number of hydrogen-bond donors (Lipinski definition) is 0. The second kappa shape index (κ2) is 6.46. The number of piperazine rings is 1. The smallest absolute Gasteiger partial charge is 0.243 e. The van der Waals surface area contributed by atoms with Gasteiger partial charge in [0.05, 0.1) is 11.3 Å². The van der Waals surface area contributed by atoms with E-state index in [1.54, 1.807) is 34.5 Å². The number of amides is 1. The van der Waals surface area contributed by atoms with Gasteiger partial charge < -0.3 is 4.90 Å². The average Bonchev–Trinajstić information content (AvgIpc) is 2.88. The lowest BCUT2D eigenvalue weighted by molar-refractivity contribution is -0.117. The molecule has 1 aromatic rings. The molecule has 1 amide bonds. The molecule has 1 aromatic carbocycles. The van der Waals surface area contributed by atoms with E-state index >= 15 is 0 Å². The maximum Gasteiger partial charge on any atom is 0.243 e. The lowest BCUT2D eigenvalue weighted by Crippen LogP contribution is -2.51. The molecular formula is C17H25N3O3S. The summed E-state index contributed by atoms with van der Waals surface area (Å²) in [6.07, 6.45) is 1.34. The van der Waals surface area contributed by atoms with Crippen LogP contribution in [0.3, 0.4) is 0 Å². The first kappa shape index (κ1) is 17.4. The van der Waals surface area contributed by atoms with Crippen molar-refractivity contribution in [2.24, 2.45) is 0 Å². The summed E-state index contributed by atoms with van der Waals surface area (Å²) in [5.74, 6) is 0.00159. The first-order chi connectivity index (χ1) is 11.3. The molecular weight excluding hydrogens is 326 g/mol. The molecule has 1 atom stereocenters. The van der Waals surface area contributed by atoms with Crippen molar-refractivity contribution in [1.29, 1.82) is 0 Å². The number of benzene rings is 1. The van der Waals surface area contributed by atoms with Crippen molar-refractivity contribution in [3.8, 4) is 0 Å². The van der Waals surface area contributed by atoms with E-state index in [1.165, 1.54) is 0 Å². The topological polar surface area (TPSA) is 60.9 Å². The van der Waals surface area contributed by atoms with Crippen molar-refractivity contribution in [3.05, 3.63) is 23.8 Å². The summed E-state index contributed by atoms with van der Waals surface area (Å²) in [5.41, 5.74) is 1.60. The highest BCUT2D eigenvalue weighted by Crippen LogP contribution is 2.31. The fourth-order valence-corrected chi connectivity index (χ4v) is 4.87. The van der Waals surface area contributed by atoms with E-state index in [0.717, 1.165) is 30.8 Å². The quantitative estimate of drug-likeness (QED) is 0.821. The van der Waals surface area contributed by atoms with Crippen molar-refractivity contribution in [1.82, 2.24) is 9.21 Å². The largest absolute Gasteiger partial charge is 0.315 e. The number of nitrogens with zero attached hydrogens (tertiary/aromatic N) is 3. The lowest BCUT2D eigenvalue weighted by atomic mass is 10.2. The number of carbonyl (C=O) groups is 1. The number of likely N-dealkylation sites (N-methyl/N-ethyl adjacent to an activating group) is 1. The van der Waals surface area contributed by atoms with E-state index in [2.05, 4.69) is 18.7 Å². The third-order valence-electron chi connectivity index (χ3n) is 5.25. The van der Waals surface area contributed by atoms with Crippen LogP contribution in [0.2, 0.25) is 0 Å². The number of hydrogen-bond acceptors (Lipinski definition) is 4. The predicted octanol–water partition coefficient (Wildman–Crippen LogP) is 1.31. The minimum absolute atomic E-state index is 0.00159. The number of fused-ring (bicyclic) bond motifs is 1. The van der Waals surface area contributed by atoms with Gasteiger partial charge in [-0.1, -0.05) is 6.92 Å². The van der Waals surface area contributed by atoms with Gasteiger partial charge in [-0.15, -0.1) is 0 Å². The lowest BCUT2D eigenvalue weighted by Gasteiger charge is -2.37. The fourth-order valence-electron chi connectivity index (χ4n) is 3.40. The Morgan fingerprint density at radius 1 is 1.17 bits per heavy atom. The van der Waals surface area contributed by atoms with Crippen LogP contribution in [0.4, 0.5) is 5.69 Å². The molecule has 0 N–H and O–H groups in total. The van der Waals surface area contributed by atoms with Crippen LogP contribution in [0.5, 0.6) is 0 Å². The highest BCUT2D eigenvalue weighted by atomic mass is 32.2. The van der Waals surface area contributed by atoms with E-state index in [0.29, 0.717) is 24.0 Å². The molecule has 0 aromatic heterocycles. The zero-order valence-corrected chi connectivity index (χ0v) is 15.3. The summed E-state index contributed by atoms with van der Waals surface area (Å²) >= 11 is 0. The molecule has 132 valence electrons. The van der Waals surface area contributed by atoms with Crippen LogP contribution >= 0.6 is 0 Å². The fraction of sp³-hybridized carbons (Fsp3) is 0.588. The molecule has 0 saturated carbocycles. The second-order valence-corrected chi connectivity index (χ2v) is 8.56. The van der Waals surface area contributed by atoms with E-state index in [1.807, 2.05) is 0 Å². The van der Waals surface area contributed by atoms with Gasteiger partial charge in [-0.3, -0.25) is 9.69 Å². The van der Waals surface area contributed by atoms with Gasteiger partial charge in [-0.2, -0.15) is 4.31 Å². The highest BCUT2D eigenvalue weighted by Gasteiger charge is 2.31. The summed E-state index contributed by atoms with van der Waals surface area (Å²) in [6, 6.07) is 5.50. The van der Waals surface area contributed by atoms with E-state index in [-0.39, 0.29) is 12.3 Å². The molecule has 1 unspecified atom stereocenters. The predicted molar refractivity (Wildman–Crippen MR) is 93.6 cm³/mol. The summed E-state index contributed by atoms with van der Waals surface area (Å²) in [5, 5.41) is 0. The molecule has 7 heteroatoms. The maximum absolute atomic E-state index is 12.9. The summed E-state index contributed by atoms with van der Waals surface area (Å²) in [4.78, 5) is 16.0. The Kier molecular flexibility index (Phi) is 4.68. The molecule has 2 aliphatic heterocycles. The van der Waals surface area contributed by atoms with Crippen molar-refractivity contribution >= 4 is 21.6 Å². The third kappa shape index (κ3) is 2.96. The molecule has 3 rings (SSSR count). The SMILES string of the molecule is CCC(C)N1CCN(S(=O)(=O)c2ccc3c(c2)CC(=O)N3C)CC1. The summed E-state index contributed by atoms with van der Waals surface area (Å²) in [7, 11) is -1.78. The Hall–Kier alpha value is -1.44. The molecule has 2 aliphatic rings. The summed E-state index contributed by atoms with van der Waals surface area (Å²) < 4.78 is 27.4. The van der Waals surface area contributed by atoms with Gasteiger partial charge in [-0.25, -0.2) is 8.42 Å². The van der Waals surface area contributed by atoms with Gasteiger partial charge in [0.15, 0.2) is 0 Å². The molecule has 6 nitrogen and oxygen atoms in total. The summed E-state index contributed by atoms with van der Waals surface area (Å²) in [6.45, 7) is 6.89. The van der Waals surface area contributed by atoms with Crippen molar-refractivity contribution < 1.29 is 13.2 Å². The Labute approximate surface area is 144 Å². The van der Waals surface area contributed by atoms with Crippen molar-refractivity contribution in [2.45, 2.75) is 37.6 Å². The van der Waals surface area contributed by atoms with Gasteiger partial charge >= 0.3 is 0 Å². The zero-order valence-electron chi connectivity index (χ0n) is 14.5. The molecule has 0 spiro atoms. The minimum atomic E-state index is -3.50. The number of rotatable bonds is 4. The number of carbonyl (C=O) groups excluding carboxylic acids is 1. The monoisotopic (exact) mass is 351 g/mol. The minimum Gasteiger partial charge on any atom is -0.315 e. The standard InChI is InChI=1S/C17H25N3O3S/c1-4-13(2)19-7-9-20(10-8-19)24(22,23)15-5-6-16-14(11-15)12-17(21)18(16)3/h5-6,11,13H,4,7-10,12H2,1-3H3. The Morgan fingerprint density at radius 2 is 1.83 bits per heavy atom. The van der Waals surface area contributed by atoms with E-state index in [4.69, 9.17) is 0 Å². The molecule has 0 bridgehead atoms. The van der Waals surface area contributed by atoms with Gasteiger partial charge in [0.25, 0.3) is 0 Å². The van der Waals surface area contributed by atoms with Crippen LogP contribution in [0.15, 0.2) is 23.1 Å².